The van der Waals surface area contributed by atoms with Crippen molar-refractivity contribution in [3.63, 3.8) is 0 Å². The molecule has 0 saturated heterocycles. The average Bonchev–Trinajstić information content (AvgIpc) is 2.99. The Morgan fingerprint density at radius 3 is 2.75 bits per heavy atom. The van der Waals surface area contributed by atoms with Crippen LogP contribution in [0, 0.1) is 6.92 Å². The fourth-order valence-electron chi connectivity index (χ4n) is 2.38. The second-order valence-corrected chi connectivity index (χ2v) is 5.24. The van der Waals surface area contributed by atoms with Crippen molar-refractivity contribution in [1.82, 2.24) is 19.6 Å². The summed E-state index contributed by atoms with van der Waals surface area (Å²) in [5.41, 5.74) is 2.51. The first-order valence-electron chi connectivity index (χ1n) is 7.00. The van der Waals surface area contributed by atoms with Gasteiger partial charge in [-0.15, -0.1) is 0 Å². The Hall–Kier alpha value is -1.33. The summed E-state index contributed by atoms with van der Waals surface area (Å²) in [5.74, 6) is 0. The van der Waals surface area contributed by atoms with Crippen molar-refractivity contribution in [2.24, 2.45) is 0 Å². The molecule has 2 rings (SSSR count). The number of nitrogens with zero attached hydrogens (tertiary/aromatic N) is 4. The van der Waals surface area contributed by atoms with Gasteiger partial charge in [-0.05, 0) is 26.3 Å². The van der Waals surface area contributed by atoms with Gasteiger partial charge >= 0.3 is 0 Å². The molecular formula is C14H21ClN4O. The van der Waals surface area contributed by atoms with Crippen LogP contribution in [0.3, 0.4) is 0 Å². The SMILES string of the molecule is CCCn1nccc1C(O)Cc1c(Cl)c(C)nn1CC. The molecule has 0 amide bonds. The Labute approximate surface area is 124 Å². The van der Waals surface area contributed by atoms with Gasteiger partial charge in [0.15, 0.2) is 0 Å². The van der Waals surface area contributed by atoms with E-state index >= 15 is 0 Å². The Morgan fingerprint density at radius 2 is 2.10 bits per heavy atom. The Balaban J connectivity index is 2.23. The smallest absolute Gasteiger partial charge is 0.101 e. The summed E-state index contributed by atoms with van der Waals surface area (Å²) in [7, 11) is 0. The number of aromatic nitrogens is 4. The Morgan fingerprint density at radius 1 is 1.35 bits per heavy atom. The van der Waals surface area contributed by atoms with E-state index in [2.05, 4.69) is 17.1 Å². The van der Waals surface area contributed by atoms with Crippen molar-refractivity contribution in [3.8, 4) is 0 Å². The molecular weight excluding hydrogens is 276 g/mol. The van der Waals surface area contributed by atoms with Gasteiger partial charge < -0.3 is 5.11 Å². The van der Waals surface area contributed by atoms with E-state index in [1.165, 1.54) is 0 Å². The molecule has 1 atom stereocenters. The van der Waals surface area contributed by atoms with Crippen molar-refractivity contribution < 1.29 is 5.11 Å². The molecule has 0 radical (unpaired) electrons. The zero-order valence-electron chi connectivity index (χ0n) is 12.2. The number of halogens is 1. The molecule has 0 spiro atoms. The number of aliphatic hydroxyl groups is 1. The molecule has 2 aromatic rings. The van der Waals surface area contributed by atoms with Crippen LogP contribution in [0.25, 0.3) is 0 Å². The van der Waals surface area contributed by atoms with Gasteiger partial charge in [0.25, 0.3) is 0 Å². The molecule has 0 aliphatic heterocycles. The van der Waals surface area contributed by atoms with Crippen LogP contribution in [0.15, 0.2) is 12.3 Å². The third-order valence-electron chi connectivity index (χ3n) is 3.37. The third kappa shape index (κ3) is 2.88. The molecule has 6 heteroatoms. The predicted molar refractivity (Wildman–Crippen MR) is 78.8 cm³/mol. The van der Waals surface area contributed by atoms with Crippen LogP contribution < -0.4 is 0 Å². The first-order chi connectivity index (χ1) is 9.58. The number of hydrogen-bond donors (Lipinski definition) is 1. The molecule has 0 aliphatic carbocycles. The van der Waals surface area contributed by atoms with E-state index in [-0.39, 0.29) is 0 Å². The normalized spacial score (nSPS) is 12.8. The van der Waals surface area contributed by atoms with Crippen LogP contribution in [0.1, 0.15) is 43.5 Å². The molecule has 2 aromatic heterocycles. The summed E-state index contributed by atoms with van der Waals surface area (Å²) in [6.45, 7) is 7.53. The van der Waals surface area contributed by atoms with Crippen LogP contribution >= 0.6 is 11.6 Å². The number of aliphatic hydroxyl groups excluding tert-OH is 1. The fourth-order valence-corrected chi connectivity index (χ4v) is 2.59. The zero-order chi connectivity index (χ0) is 14.7. The lowest BCUT2D eigenvalue weighted by molar-refractivity contribution is 0.163. The summed E-state index contributed by atoms with van der Waals surface area (Å²) < 4.78 is 3.69. The second-order valence-electron chi connectivity index (χ2n) is 4.86. The van der Waals surface area contributed by atoms with Crippen LogP contribution in [-0.4, -0.2) is 24.7 Å². The highest BCUT2D eigenvalue weighted by atomic mass is 35.5. The molecule has 0 saturated carbocycles. The molecule has 2 heterocycles. The average molecular weight is 297 g/mol. The fraction of sp³-hybridized carbons (Fsp3) is 0.571. The third-order valence-corrected chi connectivity index (χ3v) is 3.86. The summed E-state index contributed by atoms with van der Waals surface area (Å²) in [4.78, 5) is 0. The minimum Gasteiger partial charge on any atom is -0.386 e. The molecule has 1 unspecified atom stereocenters. The van der Waals surface area contributed by atoms with E-state index in [4.69, 9.17) is 11.6 Å². The van der Waals surface area contributed by atoms with Gasteiger partial charge in [-0.25, -0.2) is 0 Å². The van der Waals surface area contributed by atoms with E-state index < -0.39 is 6.10 Å². The molecule has 0 aromatic carbocycles. The lowest BCUT2D eigenvalue weighted by Gasteiger charge is -2.14. The van der Waals surface area contributed by atoms with Crippen LogP contribution in [0.4, 0.5) is 0 Å². The monoisotopic (exact) mass is 296 g/mol. The topological polar surface area (TPSA) is 55.9 Å². The molecule has 0 bridgehead atoms. The molecule has 0 aliphatic rings. The van der Waals surface area contributed by atoms with Crippen molar-refractivity contribution in [3.05, 3.63) is 34.4 Å². The van der Waals surface area contributed by atoms with Gasteiger partial charge in [-0.1, -0.05) is 18.5 Å². The quantitative estimate of drug-likeness (QED) is 0.892. The van der Waals surface area contributed by atoms with Crippen LogP contribution in [0.2, 0.25) is 5.02 Å². The lowest BCUT2D eigenvalue weighted by atomic mass is 10.1. The molecule has 110 valence electrons. The summed E-state index contributed by atoms with van der Waals surface area (Å²) in [5, 5.41) is 19.7. The maximum absolute atomic E-state index is 10.5. The minimum atomic E-state index is -0.622. The first-order valence-corrected chi connectivity index (χ1v) is 7.37. The lowest BCUT2D eigenvalue weighted by Crippen LogP contribution is -2.13. The van der Waals surface area contributed by atoms with Gasteiger partial charge in [0.1, 0.15) is 6.10 Å². The molecule has 1 N–H and O–H groups in total. The van der Waals surface area contributed by atoms with Crippen LogP contribution in [-0.2, 0) is 19.5 Å². The predicted octanol–water partition coefficient (Wildman–Crippen LogP) is 2.75. The maximum atomic E-state index is 10.5. The molecule has 20 heavy (non-hydrogen) atoms. The van der Waals surface area contributed by atoms with Gasteiger partial charge in [0.2, 0.25) is 0 Å². The van der Waals surface area contributed by atoms with E-state index in [0.717, 1.165) is 36.6 Å². The minimum absolute atomic E-state index is 0.447. The zero-order valence-corrected chi connectivity index (χ0v) is 12.9. The van der Waals surface area contributed by atoms with Gasteiger partial charge in [0, 0.05) is 25.7 Å². The van der Waals surface area contributed by atoms with Crippen molar-refractivity contribution >= 4 is 11.6 Å². The largest absolute Gasteiger partial charge is 0.386 e. The number of hydrogen-bond acceptors (Lipinski definition) is 3. The maximum Gasteiger partial charge on any atom is 0.101 e. The van der Waals surface area contributed by atoms with Crippen molar-refractivity contribution in [2.45, 2.75) is 52.8 Å². The highest BCUT2D eigenvalue weighted by Gasteiger charge is 2.19. The molecule has 5 nitrogen and oxygen atoms in total. The van der Waals surface area contributed by atoms with E-state index in [9.17, 15) is 5.11 Å². The van der Waals surface area contributed by atoms with Gasteiger partial charge in [-0.3, -0.25) is 9.36 Å². The number of rotatable bonds is 6. The standard InChI is InChI=1S/C14H21ClN4O/c1-4-8-19-11(6-7-16-19)13(20)9-12-14(15)10(3)17-18(12)5-2/h6-7,13,20H,4-5,8-9H2,1-3H3. The molecule has 0 fully saturated rings. The Kier molecular flexibility index (Phi) is 4.83. The van der Waals surface area contributed by atoms with Crippen LogP contribution in [0.5, 0.6) is 0 Å². The summed E-state index contributed by atoms with van der Waals surface area (Å²) >= 11 is 6.28. The van der Waals surface area contributed by atoms with Crippen molar-refractivity contribution in [2.75, 3.05) is 0 Å². The number of aryl methyl sites for hydroxylation is 3. The second kappa shape index (κ2) is 6.41. The van der Waals surface area contributed by atoms with Gasteiger partial charge in [-0.2, -0.15) is 10.2 Å². The van der Waals surface area contributed by atoms with E-state index in [1.54, 1.807) is 6.20 Å². The van der Waals surface area contributed by atoms with Crippen molar-refractivity contribution in [1.29, 1.82) is 0 Å². The summed E-state index contributed by atoms with van der Waals surface area (Å²) in [6, 6.07) is 1.85. The summed E-state index contributed by atoms with van der Waals surface area (Å²) in [6.07, 6.45) is 2.53. The highest BCUT2D eigenvalue weighted by Crippen LogP contribution is 2.26. The Bertz CT molecular complexity index is 576. The highest BCUT2D eigenvalue weighted by molar-refractivity contribution is 6.31. The van der Waals surface area contributed by atoms with E-state index in [0.29, 0.717) is 11.4 Å². The van der Waals surface area contributed by atoms with E-state index in [1.807, 2.05) is 29.3 Å². The van der Waals surface area contributed by atoms with Gasteiger partial charge in [0.05, 0.1) is 22.1 Å². The first kappa shape index (κ1) is 15.1.